The molecule has 0 radical (unpaired) electrons. The van der Waals surface area contributed by atoms with Gasteiger partial charge < -0.3 is 8.27 Å². The van der Waals surface area contributed by atoms with E-state index in [0.29, 0.717) is 0 Å². The van der Waals surface area contributed by atoms with Crippen LogP contribution in [0.1, 0.15) is 12.8 Å². The van der Waals surface area contributed by atoms with Gasteiger partial charge in [0, 0.05) is 0 Å². The fourth-order valence-electron chi connectivity index (χ4n) is 0.553. The van der Waals surface area contributed by atoms with Crippen molar-refractivity contribution >= 4 is 16.5 Å². The van der Waals surface area contributed by atoms with E-state index in [4.69, 9.17) is 0 Å². The summed E-state index contributed by atoms with van der Waals surface area (Å²) in [6.45, 7) is 0. The lowest BCUT2D eigenvalue weighted by Gasteiger charge is -2.22. The van der Waals surface area contributed by atoms with Gasteiger partial charge in [-0.05, 0) is 0 Å². The Labute approximate surface area is 42.6 Å². The quantitative estimate of drug-likeness (QED) is 0.429. The van der Waals surface area contributed by atoms with Crippen molar-refractivity contribution in [3.63, 3.8) is 0 Å². The average molecular weight is 119 g/mol. The van der Waals surface area contributed by atoms with Gasteiger partial charge in [-0.1, -0.05) is 19.0 Å². The van der Waals surface area contributed by atoms with Crippen LogP contribution in [0.4, 0.5) is 0 Å². The van der Waals surface area contributed by atoms with E-state index < -0.39 is 0 Å². The summed E-state index contributed by atoms with van der Waals surface area (Å²) >= 11 is 0. The molecule has 1 rings (SSSR count). The summed E-state index contributed by atoms with van der Waals surface area (Å²) in [6.07, 6.45) is 6.00. The van der Waals surface area contributed by atoms with Crippen LogP contribution in [0.3, 0.4) is 0 Å². The topological polar surface area (TPSA) is 0 Å². The van der Waals surface area contributed by atoms with E-state index in [0.717, 1.165) is 0 Å². The monoisotopic (exact) mass is 119 g/mol. The standard InChI is InChI=1S/C4H9P2/c1-2-4-6-5-3-1/h5H,1-4H2/q-1. The second-order valence-corrected chi connectivity index (χ2v) is 4.97. The Bertz CT molecular complexity index is 21.0. The molecule has 6 heavy (non-hydrogen) atoms. The lowest BCUT2D eigenvalue weighted by molar-refractivity contribution is 0.900. The summed E-state index contributed by atoms with van der Waals surface area (Å²) in [5, 5.41) is 0. The van der Waals surface area contributed by atoms with E-state index in [1.165, 1.54) is 33.4 Å². The summed E-state index contributed by atoms with van der Waals surface area (Å²) in [7, 11) is 3.00. The summed E-state index contributed by atoms with van der Waals surface area (Å²) in [5.74, 6) is 0. The van der Waals surface area contributed by atoms with E-state index in [-0.39, 0.29) is 0 Å². The molecule has 0 N–H and O–H groups in total. The van der Waals surface area contributed by atoms with Crippen LogP contribution in [0.5, 0.6) is 0 Å². The van der Waals surface area contributed by atoms with Gasteiger partial charge in [0.05, 0.1) is 0 Å². The third-order valence-electron chi connectivity index (χ3n) is 0.920. The highest BCUT2D eigenvalue weighted by atomic mass is 32.0. The third-order valence-corrected chi connectivity index (χ3v) is 4.27. The molecule has 1 aliphatic heterocycles. The van der Waals surface area contributed by atoms with Crippen LogP contribution in [0, 0.1) is 0 Å². The van der Waals surface area contributed by atoms with Crippen LogP contribution in [-0.4, -0.2) is 12.3 Å². The molecule has 1 atom stereocenters. The smallest absolute Gasteiger partial charge is 0.0541 e. The van der Waals surface area contributed by atoms with Crippen LogP contribution in [0.25, 0.3) is 0 Å². The van der Waals surface area contributed by atoms with Gasteiger partial charge in [-0.25, -0.2) is 0 Å². The van der Waals surface area contributed by atoms with Crippen LogP contribution in [0.2, 0.25) is 0 Å². The summed E-state index contributed by atoms with van der Waals surface area (Å²) in [6, 6.07) is 0. The van der Waals surface area contributed by atoms with Crippen molar-refractivity contribution in [2.45, 2.75) is 12.8 Å². The van der Waals surface area contributed by atoms with Crippen LogP contribution in [0.15, 0.2) is 0 Å². The zero-order valence-corrected chi connectivity index (χ0v) is 5.67. The maximum Gasteiger partial charge on any atom is -0.0541 e. The lowest BCUT2D eigenvalue weighted by Crippen LogP contribution is -1.83. The molecule has 1 fully saturated rings. The first-order chi connectivity index (χ1) is 3.00. The van der Waals surface area contributed by atoms with Crippen LogP contribution < -0.4 is 0 Å². The predicted octanol–water partition coefficient (Wildman–Crippen LogP) is 2.32. The Morgan fingerprint density at radius 1 is 1.33 bits per heavy atom. The third kappa shape index (κ3) is 1.54. The maximum atomic E-state index is 1.73. The highest BCUT2D eigenvalue weighted by Crippen LogP contribution is 2.41. The molecule has 0 aromatic carbocycles. The van der Waals surface area contributed by atoms with E-state index in [1.807, 2.05) is 0 Å². The molecule has 36 valence electrons. The van der Waals surface area contributed by atoms with E-state index >= 15 is 0 Å². The normalized spacial score (nSPS) is 32.0. The molecule has 0 aromatic rings. The average Bonchev–Trinajstić information content (AvgIpc) is 1.72. The first-order valence-electron chi connectivity index (χ1n) is 2.39. The van der Waals surface area contributed by atoms with Crippen molar-refractivity contribution in [2.75, 3.05) is 12.3 Å². The molecule has 1 aliphatic rings. The summed E-state index contributed by atoms with van der Waals surface area (Å²) < 4.78 is 0. The minimum atomic E-state index is 1.27. The first kappa shape index (κ1) is 5.01. The van der Waals surface area contributed by atoms with Gasteiger partial charge in [0.1, 0.15) is 0 Å². The number of hydrogen-bond donors (Lipinski definition) is 0. The van der Waals surface area contributed by atoms with E-state index in [9.17, 15) is 0 Å². The molecular weight excluding hydrogens is 110 g/mol. The molecule has 1 saturated heterocycles. The Balaban J connectivity index is 2.00. The molecule has 2 heteroatoms. The van der Waals surface area contributed by atoms with E-state index in [2.05, 4.69) is 0 Å². The highest BCUT2D eigenvalue weighted by molar-refractivity contribution is 8.11. The first-order valence-corrected chi connectivity index (χ1v) is 5.52. The Hall–Kier alpha value is 0.860. The molecule has 0 aliphatic carbocycles. The van der Waals surface area contributed by atoms with Gasteiger partial charge in [0.15, 0.2) is 0 Å². The van der Waals surface area contributed by atoms with Crippen molar-refractivity contribution in [3.05, 3.63) is 0 Å². The molecule has 0 aromatic heterocycles. The fourth-order valence-corrected chi connectivity index (χ4v) is 3.56. The van der Waals surface area contributed by atoms with Crippen molar-refractivity contribution in [3.8, 4) is 0 Å². The van der Waals surface area contributed by atoms with Crippen LogP contribution >= 0.6 is 16.5 Å². The molecule has 0 saturated carbocycles. The van der Waals surface area contributed by atoms with Gasteiger partial charge in [-0.3, -0.25) is 8.27 Å². The second kappa shape index (κ2) is 2.94. The fraction of sp³-hybridized carbons (Fsp3) is 1.00. The van der Waals surface area contributed by atoms with Crippen molar-refractivity contribution in [1.29, 1.82) is 0 Å². The molecule has 0 spiro atoms. The zero-order chi connectivity index (χ0) is 4.24. The summed E-state index contributed by atoms with van der Waals surface area (Å²) in [5.41, 5.74) is 0. The highest BCUT2D eigenvalue weighted by Gasteiger charge is 1.83. The molecule has 0 nitrogen and oxygen atoms in total. The molecule has 0 bridgehead atoms. The Morgan fingerprint density at radius 3 is 2.50 bits per heavy atom. The van der Waals surface area contributed by atoms with Gasteiger partial charge in [0.25, 0.3) is 0 Å². The van der Waals surface area contributed by atoms with Gasteiger partial charge in [0.2, 0.25) is 0 Å². The Kier molecular flexibility index (Phi) is 2.45. The second-order valence-electron chi connectivity index (χ2n) is 1.50. The summed E-state index contributed by atoms with van der Waals surface area (Å²) in [4.78, 5) is 0. The minimum absolute atomic E-state index is 1.27. The van der Waals surface area contributed by atoms with Gasteiger partial charge >= 0.3 is 0 Å². The van der Waals surface area contributed by atoms with E-state index in [1.54, 1.807) is 8.27 Å². The van der Waals surface area contributed by atoms with Gasteiger partial charge in [-0.15, -0.1) is 0 Å². The van der Waals surface area contributed by atoms with Crippen molar-refractivity contribution < 1.29 is 0 Å². The predicted molar refractivity (Wildman–Crippen MR) is 34.2 cm³/mol. The zero-order valence-electron chi connectivity index (χ0n) is 3.78. The molecule has 0 amide bonds. The van der Waals surface area contributed by atoms with Crippen LogP contribution in [-0.2, 0) is 0 Å². The minimum Gasteiger partial charge on any atom is -0.511 e. The molecular formula is C4H9P2-. The van der Waals surface area contributed by atoms with Gasteiger partial charge in [-0.2, -0.15) is 6.16 Å². The van der Waals surface area contributed by atoms with Crippen molar-refractivity contribution in [2.24, 2.45) is 0 Å². The number of hydrogen-bond acceptors (Lipinski definition) is 0. The SMILES string of the molecule is C1CCP[P-]C1. The lowest BCUT2D eigenvalue weighted by atomic mass is 10.4. The Morgan fingerprint density at radius 2 is 2.33 bits per heavy atom. The largest absolute Gasteiger partial charge is 0.511 e. The maximum absolute atomic E-state index is 1.73. The van der Waals surface area contributed by atoms with Crippen molar-refractivity contribution in [1.82, 2.24) is 0 Å². The molecule has 1 heterocycles. The number of rotatable bonds is 0. The molecule has 1 unspecified atom stereocenters.